The van der Waals surface area contributed by atoms with Gasteiger partial charge in [0.25, 0.3) is 0 Å². The van der Waals surface area contributed by atoms with Crippen LogP contribution in [0.2, 0.25) is 0 Å². The Hall–Kier alpha value is -0.0800. The molecule has 0 radical (unpaired) electrons. The summed E-state index contributed by atoms with van der Waals surface area (Å²) in [5.41, 5.74) is 0. The first-order valence-electron chi connectivity index (χ1n) is 5.71. The van der Waals surface area contributed by atoms with Gasteiger partial charge in [0.05, 0.1) is 6.10 Å². The summed E-state index contributed by atoms with van der Waals surface area (Å²) in [5, 5.41) is 3.65. The number of rotatable bonds is 3. The first-order valence-corrected chi connectivity index (χ1v) is 5.71. The molecule has 3 atom stereocenters. The summed E-state index contributed by atoms with van der Waals surface area (Å²) >= 11 is 0. The molecule has 76 valence electrons. The maximum Gasteiger partial charge on any atom is 0.0700 e. The van der Waals surface area contributed by atoms with Crippen molar-refractivity contribution >= 4 is 0 Å². The van der Waals surface area contributed by atoms with Crippen LogP contribution in [0.15, 0.2) is 0 Å². The van der Waals surface area contributed by atoms with Gasteiger partial charge in [-0.15, -0.1) is 0 Å². The second-order valence-corrected chi connectivity index (χ2v) is 4.56. The van der Waals surface area contributed by atoms with Gasteiger partial charge in [0, 0.05) is 19.2 Å². The van der Waals surface area contributed by atoms with Gasteiger partial charge in [-0.3, -0.25) is 0 Å². The van der Waals surface area contributed by atoms with Gasteiger partial charge < -0.3 is 10.1 Å². The lowest BCUT2D eigenvalue weighted by Gasteiger charge is -2.19. The van der Waals surface area contributed by atoms with E-state index in [9.17, 15) is 0 Å². The molecular formula is C11H21NO. The van der Waals surface area contributed by atoms with E-state index in [4.69, 9.17) is 4.74 Å². The first kappa shape index (κ1) is 9.47. The maximum absolute atomic E-state index is 5.59. The smallest absolute Gasteiger partial charge is 0.0700 e. The molecule has 0 aromatic rings. The quantitative estimate of drug-likeness (QED) is 0.722. The molecule has 1 N–H and O–H groups in total. The molecule has 0 unspecified atom stereocenters. The highest BCUT2D eigenvalue weighted by Crippen LogP contribution is 2.25. The Morgan fingerprint density at radius 1 is 1.23 bits per heavy atom. The van der Waals surface area contributed by atoms with Crippen LogP contribution in [-0.2, 0) is 4.74 Å². The van der Waals surface area contributed by atoms with Crippen LogP contribution in [0.1, 0.15) is 39.0 Å². The molecule has 0 bridgehead atoms. The van der Waals surface area contributed by atoms with Crippen molar-refractivity contribution in [2.24, 2.45) is 5.92 Å². The number of nitrogens with one attached hydrogen (secondary N) is 1. The third kappa shape index (κ3) is 2.44. The van der Waals surface area contributed by atoms with Crippen LogP contribution in [0, 0.1) is 5.92 Å². The van der Waals surface area contributed by atoms with Crippen molar-refractivity contribution in [3.63, 3.8) is 0 Å². The Morgan fingerprint density at radius 2 is 2.15 bits per heavy atom. The highest BCUT2D eigenvalue weighted by Gasteiger charge is 2.24. The third-order valence-corrected chi connectivity index (χ3v) is 3.49. The topological polar surface area (TPSA) is 21.3 Å². The van der Waals surface area contributed by atoms with E-state index in [1.165, 1.54) is 32.1 Å². The summed E-state index contributed by atoms with van der Waals surface area (Å²) in [4.78, 5) is 0. The van der Waals surface area contributed by atoms with E-state index in [-0.39, 0.29) is 0 Å². The van der Waals surface area contributed by atoms with E-state index < -0.39 is 0 Å². The summed E-state index contributed by atoms with van der Waals surface area (Å²) in [6, 6.07) is 0.768. The third-order valence-electron chi connectivity index (χ3n) is 3.49. The Balaban J connectivity index is 1.66. The van der Waals surface area contributed by atoms with Gasteiger partial charge in [-0.2, -0.15) is 0 Å². The van der Waals surface area contributed by atoms with Crippen molar-refractivity contribution in [1.82, 2.24) is 5.32 Å². The Morgan fingerprint density at radius 3 is 2.77 bits per heavy atom. The minimum Gasteiger partial charge on any atom is -0.377 e. The fourth-order valence-electron chi connectivity index (χ4n) is 2.54. The van der Waals surface area contributed by atoms with Crippen LogP contribution < -0.4 is 5.32 Å². The lowest BCUT2D eigenvalue weighted by atomic mass is 10.1. The summed E-state index contributed by atoms with van der Waals surface area (Å²) in [7, 11) is 0. The summed E-state index contributed by atoms with van der Waals surface area (Å²) in [6.45, 7) is 4.42. The lowest BCUT2D eigenvalue weighted by molar-refractivity contribution is 0.106. The van der Waals surface area contributed by atoms with E-state index in [2.05, 4.69) is 12.2 Å². The SMILES string of the molecule is C[C@@H]1CCC[C@@H]1NC[C@H]1CCCO1. The van der Waals surface area contributed by atoms with E-state index in [0.29, 0.717) is 6.10 Å². The minimum absolute atomic E-state index is 0.507. The number of ether oxygens (including phenoxy) is 1. The fraction of sp³-hybridized carbons (Fsp3) is 1.00. The van der Waals surface area contributed by atoms with Crippen LogP contribution in [0.4, 0.5) is 0 Å². The molecule has 2 fully saturated rings. The van der Waals surface area contributed by atoms with Crippen molar-refractivity contribution in [2.45, 2.75) is 51.2 Å². The monoisotopic (exact) mass is 183 g/mol. The van der Waals surface area contributed by atoms with Gasteiger partial charge in [0.15, 0.2) is 0 Å². The Kier molecular flexibility index (Phi) is 3.23. The summed E-state index contributed by atoms with van der Waals surface area (Å²) in [5.74, 6) is 0.876. The highest BCUT2D eigenvalue weighted by molar-refractivity contribution is 4.81. The van der Waals surface area contributed by atoms with E-state index in [1.54, 1.807) is 0 Å². The number of hydrogen-bond acceptors (Lipinski definition) is 2. The summed E-state index contributed by atoms with van der Waals surface area (Å²) < 4.78 is 5.59. The number of hydrogen-bond donors (Lipinski definition) is 1. The molecular weight excluding hydrogens is 162 g/mol. The molecule has 0 aromatic carbocycles. The average Bonchev–Trinajstić information content (AvgIpc) is 2.72. The molecule has 0 aromatic heterocycles. The molecule has 2 rings (SSSR count). The second-order valence-electron chi connectivity index (χ2n) is 4.56. The largest absolute Gasteiger partial charge is 0.377 e. The molecule has 1 aliphatic heterocycles. The maximum atomic E-state index is 5.59. The van der Waals surface area contributed by atoms with Crippen molar-refractivity contribution in [1.29, 1.82) is 0 Å². The Bertz CT molecular complexity index is 154. The zero-order valence-corrected chi connectivity index (χ0v) is 8.59. The van der Waals surface area contributed by atoms with Gasteiger partial charge >= 0.3 is 0 Å². The molecule has 0 spiro atoms. The molecule has 1 saturated heterocycles. The fourth-order valence-corrected chi connectivity index (χ4v) is 2.54. The molecule has 2 nitrogen and oxygen atoms in total. The van der Waals surface area contributed by atoms with E-state index in [1.807, 2.05) is 0 Å². The lowest BCUT2D eigenvalue weighted by Crippen LogP contribution is -2.36. The molecule has 2 heteroatoms. The van der Waals surface area contributed by atoms with E-state index in [0.717, 1.165) is 25.1 Å². The van der Waals surface area contributed by atoms with Crippen molar-refractivity contribution in [2.75, 3.05) is 13.2 Å². The van der Waals surface area contributed by atoms with E-state index >= 15 is 0 Å². The van der Waals surface area contributed by atoms with Crippen LogP contribution in [0.5, 0.6) is 0 Å². The zero-order chi connectivity index (χ0) is 9.10. The van der Waals surface area contributed by atoms with Crippen LogP contribution in [0.25, 0.3) is 0 Å². The standard InChI is InChI=1S/C11H21NO/c1-9-4-2-6-11(9)12-8-10-5-3-7-13-10/h9-12H,2-8H2,1H3/t9-,10-,11+/m1/s1. The normalized spacial score (nSPS) is 39.9. The van der Waals surface area contributed by atoms with Crippen molar-refractivity contribution < 1.29 is 4.74 Å². The van der Waals surface area contributed by atoms with Gasteiger partial charge in [0.2, 0.25) is 0 Å². The molecule has 2 aliphatic rings. The van der Waals surface area contributed by atoms with Crippen molar-refractivity contribution in [3.8, 4) is 0 Å². The van der Waals surface area contributed by atoms with Gasteiger partial charge in [-0.25, -0.2) is 0 Å². The Labute approximate surface area is 81.0 Å². The average molecular weight is 183 g/mol. The zero-order valence-electron chi connectivity index (χ0n) is 8.59. The molecule has 1 aliphatic carbocycles. The minimum atomic E-state index is 0.507. The van der Waals surface area contributed by atoms with Gasteiger partial charge in [-0.05, 0) is 31.6 Å². The molecule has 13 heavy (non-hydrogen) atoms. The van der Waals surface area contributed by atoms with Crippen LogP contribution in [-0.4, -0.2) is 25.3 Å². The second kappa shape index (κ2) is 4.43. The van der Waals surface area contributed by atoms with Crippen LogP contribution >= 0.6 is 0 Å². The predicted molar refractivity (Wildman–Crippen MR) is 53.8 cm³/mol. The van der Waals surface area contributed by atoms with Gasteiger partial charge in [0.1, 0.15) is 0 Å². The molecule has 0 amide bonds. The van der Waals surface area contributed by atoms with Crippen molar-refractivity contribution in [3.05, 3.63) is 0 Å². The van der Waals surface area contributed by atoms with Gasteiger partial charge in [-0.1, -0.05) is 13.3 Å². The predicted octanol–water partition coefficient (Wildman–Crippen LogP) is 1.94. The molecule has 1 saturated carbocycles. The highest BCUT2D eigenvalue weighted by atomic mass is 16.5. The van der Waals surface area contributed by atoms with Crippen LogP contribution in [0.3, 0.4) is 0 Å². The first-order chi connectivity index (χ1) is 6.36. The summed E-state index contributed by atoms with van der Waals surface area (Å²) in [6.07, 6.45) is 7.20. The molecule has 1 heterocycles.